The van der Waals surface area contributed by atoms with Crippen LogP contribution in [0.3, 0.4) is 0 Å². The highest BCUT2D eigenvalue weighted by molar-refractivity contribution is 6.44. The Morgan fingerprint density at radius 2 is 0.214 bits per heavy atom. The maximum Gasteiger partial charge on any atom is -0.00139 e. The van der Waals surface area contributed by atoms with E-state index in [-0.39, 0.29) is 0 Å². The maximum atomic E-state index is 2.41. The summed E-state index contributed by atoms with van der Waals surface area (Å²) in [4.78, 5) is 0. The summed E-state index contributed by atoms with van der Waals surface area (Å²) in [6.45, 7) is 0. The molecule has 15 rings (SSSR count). The van der Waals surface area contributed by atoms with Crippen molar-refractivity contribution in [3.8, 4) is 0 Å². The third kappa shape index (κ3) is 3.20. The van der Waals surface area contributed by atoms with Crippen molar-refractivity contribution in [2.24, 2.45) is 0 Å². The van der Waals surface area contributed by atoms with Gasteiger partial charge >= 0.3 is 0 Å². The van der Waals surface area contributed by atoms with Crippen LogP contribution in [0.15, 0.2) is 170 Å². The van der Waals surface area contributed by atoms with Crippen molar-refractivity contribution in [1.82, 2.24) is 0 Å². The Labute approximate surface area is 319 Å². The monoisotopic (exact) mass is 700 g/mol. The highest BCUT2D eigenvalue weighted by Crippen LogP contribution is 2.49. The molecule has 8 bridgehead atoms. The number of hydrogen-bond donors (Lipinski definition) is 0. The number of rotatable bonds is 0. The van der Waals surface area contributed by atoms with Gasteiger partial charge in [-0.2, -0.15) is 0 Å². The topological polar surface area (TPSA) is 0 Å². The second kappa shape index (κ2) is 9.50. The molecule has 0 atom stereocenters. The van der Waals surface area contributed by atoms with E-state index in [0.717, 1.165) is 0 Å². The van der Waals surface area contributed by atoms with Crippen molar-refractivity contribution in [2.45, 2.75) is 0 Å². The molecule has 0 unspecified atom stereocenters. The quantitative estimate of drug-likeness (QED) is 0.138. The smallest absolute Gasteiger partial charge is 0.00139 e. The summed E-state index contributed by atoms with van der Waals surface area (Å²) in [5.41, 5.74) is 0. The van der Waals surface area contributed by atoms with Gasteiger partial charge in [0, 0.05) is 0 Å². The fourth-order valence-corrected chi connectivity index (χ4v) is 11.4. The van der Waals surface area contributed by atoms with E-state index in [1.165, 1.54) is 151 Å². The van der Waals surface area contributed by atoms with Gasteiger partial charge in [-0.05, 0) is 151 Å². The van der Waals surface area contributed by atoms with Crippen LogP contribution in [-0.2, 0) is 0 Å². The van der Waals surface area contributed by atoms with Crippen LogP contribution in [0, 0.1) is 0 Å². The minimum Gasteiger partial charge on any atom is -0.0537 e. The van der Waals surface area contributed by atoms with E-state index >= 15 is 0 Å². The Balaban J connectivity index is 1.42. The van der Waals surface area contributed by atoms with Crippen LogP contribution in [0.5, 0.6) is 0 Å². The zero-order chi connectivity index (χ0) is 36.0. The average molecular weight is 701 g/mol. The fraction of sp³-hybridized carbons (Fsp3) is 0. The van der Waals surface area contributed by atoms with Crippen molar-refractivity contribution < 1.29 is 0 Å². The molecule has 0 aromatic heterocycles. The fourth-order valence-electron chi connectivity index (χ4n) is 11.4. The average Bonchev–Trinajstić information content (AvgIpc) is 3.26. The van der Waals surface area contributed by atoms with Crippen molar-refractivity contribution >= 4 is 151 Å². The summed E-state index contributed by atoms with van der Waals surface area (Å²) >= 11 is 0. The van der Waals surface area contributed by atoms with Crippen LogP contribution < -0.4 is 0 Å². The molecule has 0 heterocycles. The molecule has 0 aliphatic heterocycles. The minimum absolute atomic E-state index is 1.28. The minimum atomic E-state index is 1.28. The Morgan fingerprint density at radius 3 is 0.375 bits per heavy atom. The summed E-state index contributed by atoms with van der Waals surface area (Å²) in [7, 11) is 0. The van der Waals surface area contributed by atoms with Crippen LogP contribution in [-0.4, -0.2) is 0 Å². The predicted octanol–water partition coefficient (Wildman–Crippen LogP) is 16.1. The van der Waals surface area contributed by atoms with Crippen molar-refractivity contribution in [2.75, 3.05) is 0 Å². The highest BCUT2D eigenvalue weighted by atomic mass is 14.2. The standard InChI is InChI=1S/C56H28/c1-5-33-9-13-37-17-18-38-14-10-35-7-3-31-23-28-44-43-27-24-32-4-8-36-12-16-40-20-19-39-15-11-34-6-2-30-22-26-41-42(46(30)50(34)55(39)56(40)52(36)48(32)44)25-21-29(1)45(41)49(33)53(37)54(38)51(35)47(31)43/h1-28H. The summed E-state index contributed by atoms with van der Waals surface area (Å²) in [5, 5.41) is 36.7. The third-order valence-electron chi connectivity index (χ3n) is 13.8. The van der Waals surface area contributed by atoms with Crippen LogP contribution in [0.1, 0.15) is 0 Å². The summed E-state index contributed by atoms with van der Waals surface area (Å²) in [6.07, 6.45) is 0. The van der Waals surface area contributed by atoms with Gasteiger partial charge in [0.15, 0.2) is 0 Å². The molecule has 0 N–H and O–H groups in total. The van der Waals surface area contributed by atoms with Crippen LogP contribution in [0.4, 0.5) is 0 Å². The first-order valence-electron chi connectivity index (χ1n) is 19.7. The van der Waals surface area contributed by atoms with Gasteiger partial charge in [-0.3, -0.25) is 0 Å². The van der Waals surface area contributed by atoms with Gasteiger partial charge in [-0.25, -0.2) is 0 Å². The van der Waals surface area contributed by atoms with E-state index in [2.05, 4.69) is 170 Å². The van der Waals surface area contributed by atoms with Crippen LogP contribution in [0.2, 0.25) is 0 Å². The lowest BCUT2D eigenvalue weighted by Crippen LogP contribution is -1.91. The Hall–Kier alpha value is -7.28. The molecule has 0 saturated heterocycles. The summed E-state index contributed by atoms with van der Waals surface area (Å²) in [5.74, 6) is 0. The van der Waals surface area contributed by atoms with Gasteiger partial charge in [-0.15, -0.1) is 0 Å². The van der Waals surface area contributed by atoms with Gasteiger partial charge in [0.1, 0.15) is 0 Å². The largest absolute Gasteiger partial charge is 0.0537 e. The molecule has 0 nitrogen and oxygen atoms in total. The Kier molecular flexibility index (Phi) is 4.78. The van der Waals surface area contributed by atoms with Crippen LogP contribution >= 0.6 is 0 Å². The molecule has 0 fully saturated rings. The SMILES string of the molecule is c1cc2ccc3ccc4ccc5ccc6ccc7c8ccc9ccc%10ccc%11ccc%12ccc%13ccc%14ccc%15c(ccc1c%15c2c3c4c5c68)c%14c%13c%12c%11c%10c97. The van der Waals surface area contributed by atoms with Gasteiger partial charge in [0.05, 0.1) is 0 Å². The van der Waals surface area contributed by atoms with Crippen molar-refractivity contribution in [1.29, 1.82) is 0 Å². The zero-order valence-electron chi connectivity index (χ0n) is 30.2. The lowest BCUT2D eigenvalue weighted by Gasteiger charge is -2.19. The molecule has 252 valence electrons. The molecule has 0 heteroatoms. The lowest BCUT2D eigenvalue weighted by atomic mass is 9.84. The number of hydrogen-bond acceptors (Lipinski definition) is 0. The zero-order valence-corrected chi connectivity index (χ0v) is 30.2. The number of benzene rings is 14. The predicted molar refractivity (Wildman–Crippen MR) is 245 cm³/mol. The first kappa shape index (κ1) is 28.2. The van der Waals surface area contributed by atoms with Crippen molar-refractivity contribution in [3.63, 3.8) is 0 Å². The molecular weight excluding hydrogens is 673 g/mol. The third-order valence-corrected chi connectivity index (χ3v) is 13.8. The molecule has 56 heavy (non-hydrogen) atoms. The lowest BCUT2D eigenvalue weighted by molar-refractivity contribution is 1.80. The van der Waals surface area contributed by atoms with E-state index in [0.29, 0.717) is 0 Å². The van der Waals surface area contributed by atoms with Gasteiger partial charge < -0.3 is 0 Å². The molecule has 0 spiro atoms. The summed E-state index contributed by atoms with van der Waals surface area (Å²) < 4.78 is 0. The molecule has 0 aliphatic carbocycles. The van der Waals surface area contributed by atoms with Crippen LogP contribution in [0.25, 0.3) is 151 Å². The summed E-state index contributed by atoms with van der Waals surface area (Å²) in [6, 6.07) is 66.0. The first-order valence-corrected chi connectivity index (χ1v) is 19.7. The van der Waals surface area contributed by atoms with E-state index in [4.69, 9.17) is 0 Å². The van der Waals surface area contributed by atoms with Gasteiger partial charge in [0.2, 0.25) is 0 Å². The van der Waals surface area contributed by atoms with E-state index in [1.807, 2.05) is 0 Å². The highest BCUT2D eigenvalue weighted by Gasteiger charge is 2.20. The molecule has 0 radical (unpaired) electrons. The molecule has 15 aromatic carbocycles. The Morgan fingerprint density at radius 1 is 0.107 bits per heavy atom. The molecule has 15 aromatic rings. The van der Waals surface area contributed by atoms with Gasteiger partial charge in [-0.1, -0.05) is 170 Å². The first-order chi connectivity index (χ1) is 27.8. The Bertz CT molecular complexity index is 3660. The van der Waals surface area contributed by atoms with E-state index < -0.39 is 0 Å². The normalized spacial score (nSPS) is 13.0. The maximum absolute atomic E-state index is 2.41. The molecule has 0 aliphatic rings. The van der Waals surface area contributed by atoms with Crippen molar-refractivity contribution in [3.05, 3.63) is 170 Å². The van der Waals surface area contributed by atoms with E-state index in [9.17, 15) is 0 Å². The molecule has 0 amide bonds. The second-order valence-corrected chi connectivity index (χ2v) is 16.3. The second-order valence-electron chi connectivity index (χ2n) is 16.3. The molecular formula is C56H28. The molecule has 0 saturated carbocycles. The van der Waals surface area contributed by atoms with Gasteiger partial charge in [0.25, 0.3) is 0 Å². The van der Waals surface area contributed by atoms with E-state index in [1.54, 1.807) is 0 Å².